The van der Waals surface area contributed by atoms with Gasteiger partial charge in [-0.3, -0.25) is 0 Å². The molecular formula is C10H11N3. The normalized spacial score (nSPS) is 10.3. The van der Waals surface area contributed by atoms with Crippen LogP contribution < -0.4 is 5.32 Å². The number of hydrogen-bond acceptors (Lipinski definition) is 3. The van der Waals surface area contributed by atoms with Crippen molar-refractivity contribution in [3.05, 3.63) is 30.2 Å². The van der Waals surface area contributed by atoms with E-state index in [1.165, 1.54) is 5.56 Å². The fraction of sp³-hybridized carbons (Fsp3) is 0.200. The van der Waals surface area contributed by atoms with Gasteiger partial charge in [0, 0.05) is 24.3 Å². The Morgan fingerprint density at radius 2 is 2.15 bits per heavy atom. The van der Waals surface area contributed by atoms with Gasteiger partial charge in [0.2, 0.25) is 0 Å². The highest BCUT2D eigenvalue weighted by Gasteiger charge is 1.99. The molecule has 13 heavy (non-hydrogen) atoms. The van der Waals surface area contributed by atoms with Crippen molar-refractivity contribution in [2.24, 2.45) is 0 Å². The van der Waals surface area contributed by atoms with Crippen LogP contribution in [0.1, 0.15) is 5.56 Å². The summed E-state index contributed by atoms with van der Waals surface area (Å²) in [5.41, 5.74) is 3.31. The zero-order valence-electron chi connectivity index (χ0n) is 7.70. The van der Waals surface area contributed by atoms with Gasteiger partial charge in [-0.05, 0) is 24.6 Å². The number of rotatable bonds is 1. The Hall–Kier alpha value is -1.64. The van der Waals surface area contributed by atoms with Crippen LogP contribution in [0.3, 0.4) is 0 Å². The molecule has 66 valence electrons. The molecule has 3 nitrogen and oxygen atoms in total. The molecule has 1 N–H and O–H groups in total. The molecule has 0 aliphatic rings. The fourth-order valence-electron chi connectivity index (χ4n) is 1.41. The Morgan fingerprint density at radius 1 is 1.31 bits per heavy atom. The van der Waals surface area contributed by atoms with Gasteiger partial charge in [-0.1, -0.05) is 0 Å². The molecule has 0 radical (unpaired) electrons. The van der Waals surface area contributed by atoms with Gasteiger partial charge >= 0.3 is 0 Å². The molecule has 0 unspecified atom stereocenters. The number of aromatic nitrogens is 2. The van der Waals surface area contributed by atoms with Gasteiger partial charge in [0.05, 0.1) is 5.52 Å². The van der Waals surface area contributed by atoms with E-state index >= 15 is 0 Å². The molecule has 0 aliphatic carbocycles. The number of anilines is 1. The Morgan fingerprint density at radius 3 is 2.92 bits per heavy atom. The summed E-state index contributed by atoms with van der Waals surface area (Å²) >= 11 is 0. The minimum Gasteiger partial charge on any atom is -0.388 e. The van der Waals surface area contributed by atoms with Crippen molar-refractivity contribution in [2.45, 2.75) is 6.92 Å². The highest BCUT2D eigenvalue weighted by molar-refractivity contribution is 5.82. The van der Waals surface area contributed by atoms with Crippen LogP contribution in [0.25, 0.3) is 10.9 Å². The third kappa shape index (κ3) is 1.33. The summed E-state index contributed by atoms with van der Waals surface area (Å²) in [6.45, 7) is 2.07. The first kappa shape index (κ1) is 7.98. The lowest BCUT2D eigenvalue weighted by Gasteiger charge is -2.05. The van der Waals surface area contributed by atoms with Crippen LogP contribution in [0, 0.1) is 6.92 Å². The van der Waals surface area contributed by atoms with Crippen molar-refractivity contribution in [1.82, 2.24) is 9.97 Å². The maximum Gasteiger partial charge on any atom is 0.116 e. The van der Waals surface area contributed by atoms with Gasteiger partial charge in [0.15, 0.2) is 0 Å². The third-order valence-corrected chi connectivity index (χ3v) is 2.12. The molecule has 1 aromatic carbocycles. The summed E-state index contributed by atoms with van der Waals surface area (Å²) in [4.78, 5) is 8.16. The molecule has 1 aromatic heterocycles. The molecule has 0 amide bonds. The molecule has 0 bridgehead atoms. The largest absolute Gasteiger partial charge is 0.388 e. The zero-order chi connectivity index (χ0) is 9.26. The molecule has 2 aromatic rings. The van der Waals surface area contributed by atoms with Crippen molar-refractivity contribution in [2.75, 3.05) is 12.4 Å². The molecule has 2 rings (SSSR count). The molecule has 1 heterocycles. The topological polar surface area (TPSA) is 37.8 Å². The molecule has 0 saturated heterocycles. The molecule has 0 aliphatic heterocycles. The highest BCUT2D eigenvalue weighted by atomic mass is 14.8. The molecule has 0 spiro atoms. The van der Waals surface area contributed by atoms with Gasteiger partial charge in [-0.25, -0.2) is 9.97 Å². The van der Waals surface area contributed by atoms with E-state index in [-0.39, 0.29) is 0 Å². The van der Waals surface area contributed by atoms with Gasteiger partial charge in [0.25, 0.3) is 0 Å². The summed E-state index contributed by atoms with van der Waals surface area (Å²) in [6, 6.07) is 4.12. The van der Waals surface area contributed by atoms with E-state index < -0.39 is 0 Å². The van der Waals surface area contributed by atoms with Gasteiger partial charge < -0.3 is 5.32 Å². The maximum atomic E-state index is 4.18. The van der Waals surface area contributed by atoms with Crippen LogP contribution >= 0.6 is 0 Å². The smallest absolute Gasteiger partial charge is 0.116 e. The lowest BCUT2D eigenvalue weighted by molar-refractivity contribution is 1.22. The summed E-state index contributed by atoms with van der Waals surface area (Å²) < 4.78 is 0. The average molecular weight is 173 g/mol. The van der Waals surface area contributed by atoms with E-state index in [0.29, 0.717) is 0 Å². The number of hydrogen-bond donors (Lipinski definition) is 1. The predicted octanol–water partition coefficient (Wildman–Crippen LogP) is 1.98. The lowest BCUT2D eigenvalue weighted by atomic mass is 10.1. The minimum atomic E-state index is 0.977. The van der Waals surface area contributed by atoms with Crippen molar-refractivity contribution in [3.8, 4) is 0 Å². The van der Waals surface area contributed by atoms with Gasteiger partial charge in [-0.2, -0.15) is 0 Å². The predicted molar refractivity (Wildman–Crippen MR) is 53.8 cm³/mol. The number of fused-ring (bicyclic) bond motifs is 1. The SMILES string of the molecule is CNc1cc2ncncc2cc1C. The summed E-state index contributed by atoms with van der Waals surface area (Å²) in [5.74, 6) is 0. The average Bonchev–Trinajstić information content (AvgIpc) is 2.17. The Balaban J connectivity index is 2.74. The Kier molecular flexibility index (Phi) is 1.85. The summed E-state index contributed by atoms with van der Waals surface area (Å²) in [6.07, 6.45) is 3.39. The second kappa shape index (κ2) is 3.01. The first-order chi connectivity index (χ1) is 6.31. The summed E-state index contributed by atoms with van der Waals surface area (Å²) in [5, 5.41) is 4.21. The number of aryl methyl sites for hydroxylation is 1. The molecule has 0 atom stereocenters. The quantitative estimate of drug-likeness (QED) is 0.716. The second-order valence-corrected chi connectivity index (χ2v) is 3.00. The Bertz CT molecular complexity index is 437. The first-order valence-corrected chi connectivity index (χ1v) is 4.19. The van der Waals surface area contributed by atoms with Crippen LogP contribution in [0.2, 0.25) is 0 Å². The lowest BCUT2D eigenvalue weighted by Crippen LogP contribution is -1.92. The minimum absolute atomic E-state index is 0.977. The van der Waals surface area contributed by atoms with E-state index in [1.54, 1.807) is 6.33 Å². The van der Waals surface area contributed by atoms with E-state index in [1.807, 2.05) is 19.3 Å². The van der Waals surface area contributed by atoms with Crippen molar-refractivity contribution in [1.29, 1.82) is 0 Å². The highest BCUT2D eigenvalue weighted by Crippen LogP contribution is 2.20. The van der Waals surface area contributed by atoms with Crippen LogP contribution in [0.5, 0.6) is 0 Å². The zero-order valence-corrected chi connectivity index (χ0v) is 7.70. The van der Waals surface area contributed by atoms with E-state index in [9.17, 15) is 0 Å². The van der Waals surface area contributed by atoms with E-state index in [2.05, 4.69) is 28.3 Å². The van der Waals surface area contributed by atoms with E-state index in [4.69, 9.17) is 0 Å². The Labute approximate surface area is 76.8 Å². The standard InChI is InChI=1S/C10H11N3/c1-7-3-8-5-12-6-13-10(8)4-9(7)11-2/h3-6,11H,1-2H3. The van der Waals surface area contributed by atoms with Crippen LogP contribution in [0.4, 0.5) is 5.69 Å². The number of benzene rings is 1. The van der Waals surface area contributed by atoms with Crippen molar-refractivity contribution >= 4 is 16.6 Å². The van der Waals surface area contributed by atoms with Crippen molar-refractivity contribution < 1.29 is 0 Å². The molecule has 0 fully saturated rings. The van der Waals surface area contributed by atoms with Gasteiger partial charge in [0.1, 0.15) is 6.33 Å². The van der Waals surface area contributed by atoms with E-state index in [0.717, 1.165) is 16.6 Å². The fourth-order valence-corrected chi connectivity index (χ4v) is 1.41. The number of nitrogens with one attached hydrogen (secondary N) is 1. The number of nitrogens with zero attached hydrogens (tertiary/aromatic N) is 2. The summed E-state index contributed by atoms with van der Waals surface area (Å²) in [7, 11) is 1.91. The van der Waals surface area contributed by atoms with Gasteiger partial charge in [-0.15, -0.1) is 0 Å². The van der Waals surface area contributed by atoms with Crippen LogP contribution in [0.15, 0.2) is 24.7 Å². The van der Waals surface area contributed by atoms with Crippen molar-refractivity contribution in [3.63, 3.8) is 0 Å². The van der Waals surface area contributed by atoms with Crippen LogP contribution in [-0.2, 0) is 0 Å². The first-order valence-electron chi connectivity index (χ1n) is 4.19. The van der Waals surface area contributed by atoms with Crippen LogP contribution in [-0.4, -0.2) is 17.0 Å². The third-order valence-electron chi connectivity index (χ3n) is 2.12. The monoisotopic (exact) mass is 173 g/mol. The maximum absolute atomic E-state index is 4.18. The molecular weight excluding hydrogens is 162 g/mol. The molecule has 3 heteroatoms. The molecule has 0 saturated carbocycles. The second-order valence-electron chi connectivity index (χ2n) is 3.00.